The zero-order chi connectivity index (χ0) is 27.9. The smallest absolute Gasteiger partial charge is 0.259 e. The van der Waals surface area contributed by atoms with E-state index >= 15 is 0 Å². The second-order valence-electron chi connectivity index (χ2n) is 11.4. The van der Waals surface area contributed by atoms with Crippen LogP contribution < -0.4 is 15.8 Å². The molecule has 3 heterocycles. The fraction of sp³-hybridized carbons (Fsp3) is 0.462. The lowest BCUT2D eigenvalue weighted by Crippen LogP contribution is -2.53. The number of benzene rings is 1. The highest BCUT2D eigenvalue weighted by Gasteiger charge is 2.41. The Bertz CT molecular complexity index is 1640. The molecule has 12 nitrogen and oxygen atoms in total. The maximum absolute atomic E-state index is 13.4. The molecule has 1 atom stereocenters. The molecule has 5 N–H and O–H groups in total. The van der Waals surface area contributed by atoms with E-state index in [2.05, 4.69) is 20.1 Å². The summed E-state index contributed by atoms with van der Waals surface area (Å²) in [6.07, 6.45) is 5.71. The van der Waals surface area contributed by atoms with E-state index < -0.39 is 21.5 Å². The number of hydrogen-bond donors (Lipinski definition) is 4. The van der Waals surface area contributed by atoms with Crippen molar-refractivity contribution in [2.24, 2.45) is 5.92 Å². The zero-order valence-corrected chi connectivity index (χ0v) is 22.7. The average molecular weight is 554 g/mol. The molecule has 3 aliphatic rings. The van der Waals surface area contributed by atoms with Gasteiger partial charge < -0.3 is 21.1 Å². The summed E-state index contributed by atoms with van der Waals surface area (Å²) in [6, 6.07) is 5.01. The first kappa shape index (κ1) is 25.6. The Morgan fingerprint density at radius 1 is 1.28 bits per heavy atom. The van der Waals surface area contributed by atoms with Crippen molar-refractivity contribution in [2.45, 2.75) is 63.8 Å². The summed E-state index contributed by atoms with van der Waals surface area (Å²) in [5.41, 5.74) is 7.96. The monoisotopic (exact) mass is 553 g/mol. The maximum atomic E-state index is 13.4. The standard InChI is InChI=1S/C26H31N7O5S/c1-13(14-4-5-14)32-12-16-8-15(9-19(20(16)25(32)35)31-39(3,37)38)18-6-7-33-23(29-18)21(22(27)30-33)24(34)28-17-10-26(2,36)11-17/h6-9,13-14,17,31,36H,4-5,10-12H2,1-3H3,(H2,27,30)(H,28,34)/t13-,17?,26?/m0/s1. The number of nitrogen functional groups attached to an aromatic ring is 1. The molecular formula is C26H31N7O5S. The molecule has 0 spiro atoms. The van der Waals surface area contributed by atoms with Gasteiger partial charge in [-0.25, -0.2) is 17.9 Å². The number of fused-ring (bicyclic) bond motifs is 2. The normalized spacial score (nSPS) is 23.4. The van der Waals surface area contributed by atoms with Crippen LogP contribution in [0.3, 0.4) is 0 Å². The molecule has 2 amide bonds. The van der Waals surface area contributed by atoms with Crippen LogP contribution in [-0.4, -0.2) is 68.8 Å². The lowest BCUT2D eigenvalue weighted by Gasteiger charge is -2.41. The molecule has 0 radical (unpaired) electrons. The first-order valence-electron chi connectivity index (χ1n) is 12.9. The summed E-state index contributed by atoms with van der Waals surface area (Å²) >= 11 is 0. The van der Waals surface area contributed by atoms with Crippen LogP contribution in [0.2, 0.25) is 0 Å². The summed E-state index contributed by atoms with van der Waals surface area (Å²) in [5, 5.41) is 17.1. The SMILES string of the molecule is C[C@@H](C1CC1)N1Cc2cc(-c3ccn4nc(N)c(C(=O)NC5CC(C)(O)C5)c4n3)cc(NS(C)(=O)=O)c2C1=O. The molecule has 0 saturated heterocycles. The average Bonchev–Trinajstić information content (AvgIpc) is 3.53. The molecule has 3 aromatic rings. The van der Waals surface area contributed by atoms with Crippen molar-refractivity contribution in [1.29, 1.82) is 0 Å². The number of nitrogens with one attached hydrogen (secondary N) is 2. The topological polar surface area (TPSA) is 172 Å². The molecule has 206 valence electrons. The number of nitrogens with zero attached hydrogens (tertiary/aromatic N) is 4. The lowest BCUT2D eigenvalue weighted by atomic mass is 9.77. The summed E-state index contributed by atoms with van der Waals surface area (Å²) in [6.45, 7) is 4.12. The molecule has 13 heteroatoms. The quantitative estimate of drug-likeness (QED) is 0.343. The molecule has 0 unspecified atom stereocenters. The first-order valence-corrected chi connectivity index (χ1v) is 14.8. The van der Waals surface area contributed by atoms with Crippen molar-refractivity contribution in [1.82, 2.24) is 24.8 Å². The summed E-state index contributed by atoms with van der Waals surface area (Å²) < 4.78 is 28.3. The minimum absolute atomic E-state index is 0.0203. The number of amides is 2. The number of nitrogens with two attached hydrogens (primary N) is 1. The number of aliphatic hydroxyl groups is 1. The third-order valence-corrected chi connectivity index (χ3v) is 8.46. The molecule has 1 aliphatic heterocycles. The van der Waals surface area contributed by atoms with Gasteiger partial charge in [0.05, 0.1) is 28.8 Å². The van der Waals surface area contributed by atoms with Gasteiger partial charge in [-0.3, -0.25) is 14.3 Å². The minimum atomic E-state index is -3.67. The van der Waals surface area contributed by atoms with E-state index in [-0.39, 0.29) is 40.7 Å². The molecule has 2 fully saturated rings. The fourth-order valence-electron chi connectivity index (χ4n) is 5.75. The second-order valence-corrected chi connectivity index (χ2v) is 13.1. The lowest BCUT2D eigenvalue weighted by molar-refractivity contribution is -0.0366. The van der Waals surface area contributed by atoms with E-state index in [1.165, 1.54) is 4.52 Å². The van der Waals surface area contributed by atoms with Gasteiger partial charge in [-0.2, -0.15) is 0 Å². The van der Waals surface area contributed by atoms with Crippen molar-refractivity contribution in [3.8, 4) is 11.3 Å². The van der Waals surface area contributed by atoms with Gasteiger partial charge in [0, 0.05) is 30.4 Å². The predicted molar refractivity (Wildman–Crippen MR) is 144 cm³/mol. The van der Waals surface area contributed by atoms with Crippen LogP contribution in [-0.2, 0) is 16.6 Å². The van der Waals surface area contributed by atoms with Gasteiger partial charge in [-0.1, -0.05) is 0 Å². The van der Waals surface area contributed by atoms with Gasteiger partial charge in [0.25, 0.3) is 11.8 Å². The third kappa shape index (κ3) is 4.69. The Hall–Kier alpha value is -3.71. The number of rotatable bonds is 7. The molecule has 0 bridgehead atoms. The van der Waals surface area contributed by atoms with Crippen LogP contribution in [0.5, 0.6) is 0 Å². The van der Waals surface area contributed by atoms with Crippen molar-refractivity contribution in [2.75, 3.05) is 16.7 Å². The summed E-state index contributed by atoms with van der Waals surface area (Å²) in [5.74, 6) is -0.146. The Morgan fingerprint density at radius 2 is 2.00 bits per heavy atom. The van der Waals surface area contributed by atoms with E-state index in [0.717, 1.165) is 19.1 Å². The minimum Gasteiger partial charge on any atom is -0.390 e. The molecule has 2 saturated carbocycles. The van der Waals surface area contributed by atoms with Crippen LogP contribution in [0, 0.1) is 5.92 Å². The first-order chi connectivity index (χ1) is 18.3. The number of carbonyl (C=O) groups excluding carboxylic acids is 2. The van der Waals surface area contributed by atoms with E-state index in [1.807, 2.05) is 13.0 Å². The third-order valence-electron chi connectivity index (χ3n) is 7.87. The van der Waals surface area contributed by atoms with E-state index in [4.69, 9.17) is 5.73 Å². The fourth-order valence-corrected chi connectivity index (χ4v) is 6.32. The van der Waals surface area contributed by atoms with Crippen LogP contribution in [0.25, 0.3) is 16.9 Å². The van der Waals surface area contributed by atoms with Crippen LogP contribution in [0.4, 0.5) is 11.5 Å². The summed E-state index contributed by atoms with van der Waals surface area (Å²) in [4.78, 5) is 32.9. The Morgan fingerprint density at radius 3 is 2.64 bits per heavy atom. The van der Waals surface area contributed by atoms with E-state index in [0.29, 0.717) is 47.7 Å². The zero-order valence-electron chi connectivity index (χ0n) is 21.9. The maximum Gasteiger partial charge on any atom is 0.259 e. The largest absolute Gasteiger partial charge is 0.390 e. The van der Waals surface area contributed by atoms with Crippen molar-refractivity contribution < 1.29 is 23.1 Å². The van der Waals surface area contributed by atoms with Crippen molar-refractivity contribution in [3.05, 3.63) is 41.1 Å². The summed E-state index contributed by atoms with van der Waals surface area (Å²) in [7, 11) is -3.67. The molecule has 1 aromatic carbocycles. The van der Waals surface area contributed by atoms with Crippen molar-refractivity contribution in [3.63, 3.8) is 0 Å². The Labute approximate surface area is 225 Å². The number of hydrogen-bond acceptors (Lipinski definition) is 8. The second kappa shape index (κ2) is 8.65. The van der Waals surface area contributed by atoms with Gasteiger partial charge in [-0.05, 0) is 69.2 Å². The van der Waals surface area contributed by atoms with Crippen LogP contribution in [0.1, 0.15) is 65.8 Å². The van der Waals surface area contributed by atoms with Crippen LogP contribution in [0.15, 0.2) is 24.4 Å². The predicted octanol–water partition coefficient (Wildman–Crippen LogP) is 1.75. The Kier molecular flexibility index (Phi) is 5.67. The van der Waals surface area contributed by atoms with Gasteiger partial charge in [0.15, 0.2) is 11.5 Å². The number of carbonyl (C=O) groups is 2. The number of sulfonamides is 1. The molecule has 6 rings (SSSR count). The van der Waals surface area contributed by atoms with Gasteiger partial charge in [0.1, 0.15) is 5.56 Å². The molecule has 39 heavy (non-hydrogen) atoms. The number of anilines is 2. The number of aromatic nitrogens is 3. The molecule has 2 aliphatic carbocycles. The highest BCUT2D eigenvalue weighted by atomic mass is 32.2. The molecular weight excluding hydrogens is 522 g/mol. The van der Waals surface area contributed by atoms with Crippen molar-refractivity contribution >= 4 is 39.0 Å². The van der Waals surface area contributed by atoms with Gasteiger partial charge in [0.2, 0.25) is 10.0 Å². The van der Waals surface area contributed by atoms with Crippen LogP contribution >= 0.6 is 0 Å². The van der Waals surface area contributed by atoms with Gasteiger partial charge in [-0.15, -0.1) is 5.10 Å². The van der Waals surface area contributed by atoms with Gasteiger partial charge >= 0.3 is 0 Å². The van der Waals surface area contributed by atoms with E-state index in [9.17, 15) is 23.1 Å². The highest BCUT2D eigenvalue weighted by Crippen LogP contribution is 2.41. The molecule has 2 aromatic heterocycles. The van der Waals surface area contributed by atoms with E-state index in [1.54, 1.807) is 30.2 Å². The highest BCUT2D eigenvalue weighted by molar-refractivity contribution is 7.92. The Balaban J connectivity index is 1.39.